The third-order valence-electron chi connectivity index (χ3n) is 5.16. The maximum absolute atomic E-state index is 3.81. The van der Waals surface area contributed by atoms with Crippen molar-refractivity contribution in [2.75, 3.05) is 31.1 Å². The largest absolute Gasteiger partial charge is 0.311 e. The van der Waals surface area contributed by atoms with Gasteiger partial charge >= 0.3 is 0 Å². The van der Waals surface area contributed by atoms with Gasteiger partial charge in [-0.05, 0) is 43.1 Å². The quantitative estimate of drug-likeness (QED) is 0.829. The summed E-state index contributed by atoms with van der Waals surface area (Å²) in [6, 6.07) is 1.70. The van der Waals surface area contributed by atoms with Gasteiger partial charge < -0.3 is 5.32 Å². The normalized spacial score (nSPS) is 33.7. The molecule has 1 atom stereocenters. The molecule has 0 aromatic rings. The molecule has 1 aliphatic carbocycles. The Morgan fingerprint density at radius 3 is 2.50 bits per heavy atom. The summed E-state index contributed by atoms with van der Waals surface area (Å²) in [5.74, 6) is 3.75. The maximum atomic E-state index is 3.81. The predicted molar refractivity (Wildman–Crippen MR) is 80.3 cm³/mol. The van der Waals surface area contributed by atoms with Crippen LogP contribution in [0.2, 0.25) is 0 Å². The van der Waals surface area contributed by atoms with Crippen LogP contribution < -0.4 is 5.32 Å². The van der Waals surface area contributed by atoms with Crippen molar-refractivity contribution in [3.05, 3.63) is 0 Å². The first-order chi connectivity index (χ1) is 8.93. The highest BCUT2D eigenvalue weighted by Crippen LogP contribution is 2.29. The maximum Gasteiger partial charge on any atom is 0.0223 e. The SMILES string of the molecule is C1CCC(C2CN(C3CCSCC3)CCN2)CC1. The van der Waals surface area contributed by atoms with Crippen molar-refractivity contribution in [1.82, 2.24) is 10.2 Å². The molecule has 2 heterocycles. The van der Waals surface area contributed by atoms with Gasteiger partial charge in [0.15, 0.2) is 0 Å². The van der Waals surface area contributed by atoms with Crippen molar-refractivity contribution in [2.24, 2.45) is 5.92 Å². The first-order valence-electron chi connectivity index (χ1n) is 7.98. The molecule has 2 nitrogen and oxygen atoms in total. The van der Waals surface area contributed by atoms with E-state index in [0.29, 0.717) is 0 Å². The van der Waals surface area contributed by atoms with E-state index in [1.54, 1.807) is 0 Å². The van der Waals surface area contributed by atoms with Gasteiger partial charge in [0.25, 0.3) is 0 Å². The van der Waals surface area contributed by atoms with Crippen molar-refractivity contribution in [2.45, 2.75) is 57.0 Å². The first kappa shape index (κ1) is 13.3. The molecule has 0 spiro atoms. The molecule has 2 aliphatic heterocycles. The second-order valence-electron chi connectivity index (χ2n) is 6.30. The summed E-state index contributed by atoms with van der Waals surface area (Å²) in [5, 5.41) is 3.81. The molecule has 1 unspecified atom stereocenters. The molecule has 0 aromatic carbocycles. The van der Waals surface area contributed by atoms with Crippen LogP contribution in [0.4, 0.5) is 0 Å². The van der Waals surface area contributed by atoms with E-state index in [2.05, 4.69) is 22.0 Å². The van der Waals surface area contributed by atoms with E-state index in [9.17, 15) is 0 Å². The highest BCUT2D eigenvalue weighted by molar-refractivity contribution is 7.99. The molecule has 0 amide bonds. The first-order valence-corrected chi connectivity index (χ1v) is 9.14. The molecule has 0 radical (unpaired) electrons. The topological polar surface area (TPSA) is 15.3 Å². The third-order valence-corrected chi connectivity index (χ3v) is 6.21. The van der Waals surface area contributed by atoms with Gasteiger partial charge in [0.1, 0.15) is 0 Å². The van der Waals surface area contributed by atoms with Gasteiger partial charge in [-0.2, -0.15) is 11.8 Å². The van der Waals surface area contributed by atoms with Crippen molar-refractivity contribution in [1.29, 1.82) is 0 Å². The number of thioether (sulfide) groups is 1. The molecule has 3 aliphatic rings. The Hall–Kier alpha value is 0.270. The van der Waals surface area contributed by atoms with Crippen LogP contribution in [-0.4, -0.2) is 48.1 Å². The Labute approximate surface area is 116 Å². The van der Waals surface area contributed by atoms with Gasteiger partial charge in [0.05, 0.1) is 0 Å². The molecule has 2 saturated heterocycles. The van der Waals surface area contributed by atoms with Gasteiger partial charge in [-0.3, -0.25) is 4.90 Å². The van der Waals surface area contributed by atoms with Crippen molar-refractivity contribution >= 4 is 11.8 Å². The Bertz CT molecular complexity index is 223. The summed E-state index contributed by atoms with van der Waals surface area (Å²) in [6.07, 6.45) is 10.3. The number of piperazine rings is 1. The van der Waals surface area contributed by atoms with E-state index in [1.165, 1.54) is 76.1 Å². The van der Waals surface area contributed by atoms with Crippen molar-refractivity contribution in [3.8, 4) is 0 Å². The average molecular weight is 268 g/mol. The minimum Gasteiger partial charge on any atom is -0.311 e. The lowest BCUT2D eigenvalue weighted by atomic mass is 9.83. The number of nitrogens with one attached hydrogen (secondary N) is 1. The van der Waals surface area contributed by atoms with Gasteiger partial charge in [0.2, 0.25) is 0 Å². The fourth-order valence-electron chi connectivity index (χ4n) is 4.04. The molecule has 18 heavy (non-hydrogen) atoms. The van der Waals surface area contributed by atoms with E-state index in [4.69, 9.17) is 0 Å². The average Bonchev–Trinajstić information content (AvgIpc) is 2.49. The lowest BCUT2D eigenvalue weighted by Gasteiger charge is -2.43. The zero-order valence-corrected chi connectivity index (χ0v) is 12.4. The number of hydrogen-bond donors (Lipinski definition) is 1. The predicted octanol–water partition coefficient (Wildman–Crippen LogP) is 2.74. The second kappa shape index (κ2) is 6.62. The van der Waals surface area contributed by atoms with Gasteiger partial charge in [-0.25, -0.2) is 0 Å². The fourth-order valence-corrected chi connectivity index (χ4v) is 5.12. The van der Waals surface area contributed by atoms with Gasteiger partial charge in [0, 0.05) is 31.7 Å². The number of nitrogens with zero attached hydrogens (tertiary/aromatic N) is 1. The minimum atomic E-state index is 0.800. The van der Waals surface area contributed by atoms with Crippen molar-refractivity contribution < 1.29 is 0 Å². The molecule has 104 valence electrons. The second-order valence-corrected chi connectivity index (χ2v) is 7.52. The summed E-state index contributed by atoms with van der Waals surface area (Å²) in [4.78, 5) is 2.81. The van der Waals surface area contributed by atoms with Crippen LogP contribution in [0.25, 0.3) is 0 Å². The van der Waals surface area contributed by atoms with Crippen LogP contribution in [0.1, 0.15) is 44.9 Å². The van der Waals surface area contributed by atoms with Gasteiger partial charge in [-0.1, -0.05) is 19.3 Å². The molecule has 3 rings (SSSR count). The van der Waals surface area contributed by atoms with E-state index >= 15 is 0 Å². The molecular weight excluding hydrogens is 240 g/mol. The summed E-state index contributed by atoms with van der Waals surface area (Å²) in [5.41, 5.74) is 0. The van der Waals surface area contributed by atoms with E-state index in [0.717, 1.165) is 18.0 Å². The molecule has 1 N–H and O–H groups in total. The monoisotopic (exact) mass is 268 g/mol. The van der Waals surface area contributed by atoms with Crippen LogP contribution in [0, 0.1) is 5.92 Å². The van der Waals surface area contributed by atoms with Crippen LogP contribution in [-0.2, 0) is 0 Å². The summed E-state index contributed by atoms with van der Waals surface area (Å²) < 4.78 is 0. The lowest BCUT2D eigenvalue weighted by Crippen LogP contribution is -2.57. The Balaban J connectivity index is 1.53. The molecule has 0 bridgehead atoms. The van der Waals surface area contributed by atoms with Crippen LogP contribution in [0.3, 0.4) is 0 Å². The van der Waals surface area contributed by atoms with E-state index < -0.39 is 0 Å². The fraction of sp³-hybridized carbons (Fsp3) is 1.00. The van der Waals surface area contributed by atoms with E-state index in [-0.39, 0.29) is 0 Å². The van der Waals surface area contributed by atoms with Crippen LogP contribution in [0.5, 0.6) is 0 Å². The minimum absolute atomic E-state index is 0.800. The van der Waals surface area contributed by atoms with Gasteiger partial charge in [-0.15, -0.1) is 0 Å². The van der Waals surface area contributed by atoms with Crippen LogP contribution >= 0.6 is 11.8 Å². The summed E-state index contributed by atoms with van der Waals surface area (Å²) in [7, 11) is 0. The summed E-state index contributed by atoms with van der Waals surface area (Å²) >= 11 is 2.15. The Kier molecular flexibility index (Phi) is 4.88. The zero-order chi connectivity index (χ0) is 12.2. The molecular formula is C15H28N2S. The Morgan fingerprint density at radius 1 is 0.944 bits per heavy atom. The molecule has 0 aromatic heterocycles. The zero-order valence-electron chi connectivity index (χ0n) is 11.6. The highest BCUT2D eigenvalue weighted by Gasteiger charge is 2.31. The molecule has 3 fully saturated rings. The van der Waals surface area contributed by atoms with E-state index in [1.807, 2.05) is 0 Å². The summed E-state index contributed by atoms with van der Waals surface area (Å²) in [6.45, 7) is 3.85. The molecule has 3 heteroatoms. The number of hydrogen-bond acceptors (Lipinski definition) is 3. The standard InChI is InChI=1S/C15H28N2S/c1-2-4-13(5-3-1)15-12-17(9-8-16-15)14-6-10-18-11-7-14/h13-16H,1-12H2. The smallest absolute Gasteiger partial charge is 0.0223 e. The lowest BCUT2D eigenvalue weighted by molar-refractivity contribution is 0.103. The Morgan fingerprint density at radius 2 is 1.72 bits per heavy atom. The van der Waals surface area contributed by atoms with Crippen LogP contribution in [0.15, 0.2) is 0 Å². The highest BCUT2D eigenvalue weighted by atomic mass is 32.2. The molecule has 1 saturated carbocycles. The van der Waals surface area contributed by atoms with Crippen molar-refractivity contribution in [3.63, 3.8) is 0 Å². The number of rotatable bonds is 2. The third kappa shape index (κ3) is 3.23.